The maximum Gasteiger partial charge on any atom is 0.351 e. The van der Waals surface area contributed by atoms with Crippen LogP contribution in [0.1, 0.15) is 74.2 Å². The third kappa shape index (κ3) is 9.66. The van der Waals surface area contributed by atoms with Crippen molar-refractivity contribution in [1.82, 2.24) is 9.55 Å². The second-order valence-corrected chi connectivity index (χ2v) is 23.4. The van der Waals surface area contributed by atoms with E-state index in [0.717, 1.165) is 39.1 Å². The zero-order valence-electron chi connectivity index (χ0n) is 40.0. The Labute approximate surface area is 401 Å². The lowest BCUT2D eigenvalue weighted by Crippen LogP contribution is -2.47. The van der Waals surface area contributed by atoms with Gasteiger partial charge in [-0.25, -0.2) is 9.18 Å². The lowest BCUT2D eigenvalue weighted by atomic mass is 9.77. The normalized spacial score (nSPS) is 17.7. The van der Waals surface area contributed by atoms with Crippen molar-refractivity contribution >= 4 is 14.1 Å². The van der Waals surface area contributed by atoms with Crippen LogP contribution in [0.15, 0.2) is 187 Å². The van der Waals surface area contributed by atoms with E-state index in [1.807, 2.05) is 184 Å². The Balaban J connectivity index is 1.22. The summed E-state index contributed by atoms with van der Waals surface area (Å²) in [6.07, 6.45) is -3.83. The summed E-state index contributed by atoms with van der Waals surface area (Å²) in [5.74, 6) is 1.73. The van der Waals surface area contributed by atoms with Crippen LogP contribution in [0.2, 0.25) is 18.1 Å². The van der Waals surface area contributed by atoms with Crippen LogP contribution in [0.4, 0.5) is 10.2 Å². The highest BCUT2D eigenvalue weighted by molar-refractivity contribution is 6.74. The van der Waals surface area contributed by atoms with Gasteiger partial charge in [-0.3, -0.25) is 4.57 Å². The van der Waals surface area contributed by atoms with Crippen LogP contribution >= 0.6 is 0 Å². The van der Waals surface area contributed by atoms with Crippen LogP contribution in [0.5, 0.6) is 11.5 Å². The number of anilines is 1. The van der Waals surface area contributed by atoms with Crippen LogP contribution < -0.4 is 20.5 Å². The lowest BCUT2D eigenvalue weighted by Gasteiger charge is -2.40. The summed E-state index contributed by atoms with van der Waals surface area (Å²) in [5.41, 5.74) is 2.04. The van der Waals surface area contributed by atoms with Gasteiger partial charge in [0.2, 0.25) is 0 Å². The summed E-state index contributed by atoms with van der Waals surface area (Å²) < 4.78 is 51.9. The van der Waals surface area contributed by atoms with Gasteiger partial charge in [-0.1, -0.05) is 166 Å². The first-order valence-corrected chi connectivity index (χ1v) is 26.4. The summed E-state index contributed by atoms with van der Waals surface area (Å²) in [6.45, 7) is 15.8. The SMILES string of the molecule is CCOc1ccc(C(Nc2ccn([C@@H]3O[C@H](CO[Si](C)(C)C(C)(C)C)[C@@H](OC(c4ccccc4)(c4ccccc4)c4ccc(OCC)cc4)[C@H]3F)c(=O)n2)(c2ccccc2)c2ccccc2)cc1. The molecule has 0 radical (unpaired) electrons. The molecule has 1 saturated heterocycles. The number of hydrogen-bond acceptors (Lipinski definition) is 8. The number of ether oxygens (including phenoxy) is 4. The number of nitrogens with zero attached hydrogens (tertiary/aromatic N) is 2. The first kappa shape index (κ1) is 48.1. The first-order chi connectivity index (χ1) is 32.8. The molecule has 0 spiro atoms. The van der Waals surface area contributed by atoms with Crippen LogP contribution in [-0.2, 0) is 25.0 Å². The Bertz CT molecular complexity index is 2680. The molecule has 0 unspecified atom stereocenters. The van der Waals surface area contributed by atoms with E-state index in [9.17, 15) is 4.79 Å². The van der Waals surface area contributed by atoms with Crippen molar-refractivity contribution in [3.8, 4) is 11.5 Å². The van der Waals surface area contributed by atoms with Gasteiger partial charge in [0.15, 0.2) is 20.7 Å². The molecule has 9 nitrogen and oxygen atoms in total. The Hall–Kier alpha value is -6.37. The summed E-state index contributed by atoms with van der Waals surface area (Å²) >= 11 is 0. The van der Waals surface area contributed by atoms with Gasteiger partial charge in [0.05, 0.1) is 19.8 Å². The number of alkyl halides is 1. The molecule has 2 heterocycles. The van der Waals surface area contributed by atoms with Crippen molar-refractivity contribution in [2.24, 2.45) is 0 Å². The zero-order valence-corrected chi connectivity index (χ0v) is 41.0. The largest absolute Gasteiger partial charge is 0.494 e. The summed E-state index contributed by atoms with van der Waals surface area (Å²) in [4.78, 5) is 19.2. The minimum atomic E-state index is -2.39. The summed E-state index contributed by atoms with van der Waals surface area (Å²) in [5, 5.41) is 3.54. The van der Waals surface area contributed by atoms with E-state index >= 15 is 4.39 Å². The van der Waals surface area contributed by atoms with E-state index in [1.165, 1.54) is 4.57 Å². The smallest absolute Gasteiger partial charge is 0.351 e. The molecule has 1 fully saturated rings. The molecule has 68 heavy (non-hydrogen) atoms. The number of nitrogens with one attached hydrogen (secondary N) is 1. The fourth-order valence-electron chi connectivity index (χ4n) is 8.84. The topological polar surface area (TPSA) is 93.1 Å². The fourth-order valence-corrected chi connectivity index (χ4v) is 9.85. The van der Waals surface area contributed by atoms with E-state index in [2.05, 4.69) is 44.2 Å². The first-order valence-electron chi connectivity index (χ1n) is 23.5. The number of rotatable bonds is 18. The average Bonchev–Trinajstić information content (AvgIpc) is 3.66. The maximum atomic E-state index is 18.1. The third-order valence-corrected chi connectivity index (χ3v) is 17.9. The van der Waals surface area contributed by atoms with Crippen molar-refractivity contribution in [1.29, 1.82) is 0 Å². The van der Waals surface area contributed by atoms with Gasteiger partial charge in [-0.05, 0) is 95.7 Å². The van der Waals surface area contributed by atoms with Crippen LogP contribution in [0.25, 0.3) is 0 Å². The van der Waals surface area contributed by atoms with Gasteiger partial charge >= 0.3 is 5.69 Å². The Kier molecular flexibility index (Phi) is 14.5. The number of hydrogen-bond donors (Lipinski definition) is 1. The zero-order chi connectivity index (χ0) is 47.9. The standard InChI is InChI=1S/C57H62FN3O6Si/c1-8-63-47-34-30-43(31-35-47)56(41-22-14-10-15-23-41,42-24-16-11-17-25-42)60-50-38-39-61(54(62)59-50)53-51(58)52(49(66-53)40-65-68(6,7)55(3,4)5)67-57(44-26-18-12-19-27-44,45-28-20-13-21-29-45)46-32-36-48(37-33-46)64-9-2/h10-39,49,51-53H,8-9,40H2,1-7H3,(H,59,60,62)/t49-,51-,52-,53-/m1/s1. The van der Waals surface area contributed by atoms with Crippen molar-refractivity contribution in [2.45, 2.75) is 88.5 Å². The van der Waals surface area contributed by atoms with E-state index in [0.29, 0.717) is 19.0 Å². The maximum absolute atomic E-state index is 18.1. The molecule has 0 bridgehead atoms. The predicted octanol–water partition coefficient (Wildman–Crippen LogP) is 12.1. The lowest BCUT2D eigenvalue weighted by molar-refractivity contribution is -0.103. The molecule has 0 saturated carbocycles. The van der Waals surface area contributed by atoms with E-state index in [1.54, 1.807) is 12.3 Å². The van der Waals surface area contributed by atoms with Crippen LogP contribution in [0.3, 0.4) is 0 Å². The van der Waals surface area contributed by atoms with Gasteiger partial charge in [0, 0.05) is 6.20 Å². The Morgan fingerprint density at radius 3 is 1.50 bits per heavy atom. The van der Waals surface area contributed by atoms with E-state index in [-0.39, 0.29) is 17.5 Å². The number of halogens is 1. The highest BCUT2D eigenvalue weighted by Crippen LogP contribution is 2.47. The highest BCUT2D eigenvalue weighted by Gasteiger charge is 2.53. The molecule has 6 aromatic carbocycles. The molecule has 4 atom stereocenters. The molecule has 0 aliphatic carbocycles. The van der Waals surface area contributed by atoms with Crippen molar-refractivity contribution in [2.75, 3.05) is 25.1 Å². The molecular weight excluding hydrogens is 870 g/mol. The molecular formula is C57H62FN3O6Si. The monoisotopic (exact) mass is 931 g/mol. The molecule has 8 rings (SSSR count). The summed E-state index contributed by atoms with van der Waals surface area (Å²) in [6, 6.07) is 57.0. The predicted molar refractivity (Wildman–Crippen MR) is 270 cm³/mol. The van der Waals surface area contributed by atoms with Gasteiger partial charge in [-0.15, -0.1) is 0 Å². The minimum Gasteiger partial charge on any atom is -0.494 e. The second kappa shape index (κ2) is 20.5. The molecule has 1 aromatic heterocycles. The minimum absolute atomic E-state index is 0.0432. The Morgan fingerprint density at radius 2 is 1.06 bits per heavy atom. The van der Waals surface area contributed by atoms with Crippen molar-refractivity contribution < 1.29 is 27.8 Å². The van der Waals surface area contributed by atoms with Gasteiger partial charge in [-0.2, -0.15) is 4.98 Å². The van der Waals surface area contributed by atoms with Crippen molar-refractivity contribution in [3.05, 3.63) is 226 Å². The van der Waals surface area contributed by atoms with Crippen LogP contribution in [0, 0.1) is 0 Å². The van der Waals surface area contributed by atoms with Crippen LogP contribution in [-0.4, -0.2) is 56.1 Å². The van der Waals surface area contributed by atoms with Gasteiger partial charge in [0.25, 0.3) is 0 Å². The average molecular weight is 932 g/mol. The number of benzene rings is 6. The summed E-state index contributed by atoms with van der Waals surface area (Å²) in [7, 11) is -2.39. The highest BCUT2D eigenvalue weighted by atomic mass is 28.4. The van der Waals surface area contributed by atoms with Gasteiger partial charge in [0.1, 0.15) is 40.7 Å². The Morgan fingerprint density at radius 1 is 0.632 bits per heavy atom. The molecule has 7 aromatic rings. The second-order valence-electron chi connectivity index (χ2n) is 18.6. The molecule has 352 valence electrons. The molecule has 1 N–H and O–H groups in total. The molecule has 0 amide bonds. The van der Waals surface area contributed by atoms with Gasteiger partial charge < -0.3 is 28.7 Å². The van der Waals surface area contributed by atoms with E-state index in [4.69, 9.17) is 23.4 Å². The van der Waals surface area contributed by atoms with Crippen molar-refractivity contribution in [3.63, 3.8) is 0 Å². The quantitative estimate of drug-likeness (QED) is 0.0672. The molecule has 1 aliphatic rings. The fraction of sp³-hybridized carbons (Fsp3) is 0.298. The molecule has 1 aliphatic heterocycles. The molecule has 11 heteroatoms. The van der Waals surface area contributed by atoms with E-state index < -0.39 is 49.8 Å². The third-order valence-electron chi connectivity index (χ3n) is 13.4. The number of aromatic nitrogens is 2.